The Kier molecular flexibility index (Phi) is 5.37. The standard InChI is InChI=1S/C19H19FN4OS/c1-11-8-12(2)17(13(3)9-11)21-16(25)10-26-19-22-18(23-24-19)14-4-6-15(20)7-5-14/h4-9H,10H2,1-3H3,(H,21,25)(H,22,23,24). The molecule has 0 saturated heterocycles. The second-order valence-electron chi connectivity index (χ2n) is 6.08. The Balaban J connectivity index is 1.61. The van der Waals surface area contributed by atoms with E-state index in [2.05, 4.69) is 20.5 Å². The molecular formula is C19H19FN4OS. The summed E-state index contributed by atoms with van der Waals surface area (Å²) in [6.45, 7) is 5.99. The minimum atomic E-state index is -0.304. The fraction of sp³-hybridized carbons (Fsp3) is 0.211. The van der Waals surface area contributed by atoms with Gasteiger partial charge in [-0.25, -0.2) is 9.37 Å². The molecule has 1 heterocycles. The minimum absolute atomic E-state index is 0.113. The van der Waals surface area contributed by atoms with Gasteiger partial charge in [0.25, 0.3) is 0 Å². The van der Waals surface area contributed by atoms with Crippen LogP contribution in [0.4, 0.5) is 10.1 Å². The third-order valence-corrected chi connectivity index (χ3v) is 4.70. The molecule has 0 aliphatic carbocycles. The molecule has 0 fully saturated rings. The van der Waals surface area contributed by atoms with Gasteiger partial charge in [-0.15, -0.1) is 5.10 Å². The summed E-state index contributed by atoms with van der Waals surface area (Å²) >= 11 is 1.24. The first-order valence-corrected chi connectivity index (χ1v) is 9.10. The van der Waals surface area contributed by atoms with Gasteiger partial charge < -0.3 is 5.32 Å². The Labute approximate surface area is 155 Å². The van der Waals surface area contributed by atoms with Crippen molar-refractivity contribution in [2.24, 2.45) is 0 Å². The zero-order valence-corrected chi connectivity index (χ0v) is 15.6. The Morgan fingerprint density at radius 1 is 1.15 bits per heavy atom. The number of nitrogens with one attached hydrogen (secondary N) is 2. The number of carbonyl (C=O) groups excluding carboxylic acids is 1. The predicted octanol–water partition coefficient (Wildman–Crippen LogP) is 4.27. The van der Waals surface area contributed by atoms with Crippen LogP contribution in [-0.2, 0) is 4.79 Å². The van der Waals surface area contributed by atoms with Crippen molar-refractivity contribution in [2.75, 3.05) is 11.1 Å². The molecule has 26 heavy (non-hydrogen) atoms. The number of amides is 1. The maximum atomic E-state index is 13.0. The van der Waals surface area contributed by atoms with E-state index in [1.165, 1.54) is 29.5 Å². The Bertz CT molecular complexity index is 914. The molecule has 0 atom stereocenters. The third-order valence-electron chi connectivity index (χ3n) is 3.86. The maximum absolute atomic E-state index is 13.0. The van der Waals surface area contributed by atoms with Crippen LogP contribution in [0.1, 0.15) is 16.7 Å². The second-order valence-corrected chi connectivity index (χ2v) is 7.03. The smallest absolute Gasteiger partial charge is 0.234 e. The molecule has 0 saturated carbocycles. The van der Waals surface area contributed by atoms with E-state index in [1.807, 2.05) is 32.9 Å². The van der Waals surface area contributed by atoms with E-state index in [-0.39, 0.29) is 17.5 Å². The zero-order chi connectivity index (χ0) is 18.7. The normalized spacial score (nSPS) is 10.8. The molecule has 3 aromatic rings. The van der Waals surface area contributed by atoms with Crippen molar-refractivity contribution < 1.29 is 9.18 Å². The van der Waals surface area contributed by atoms with E-state index in [0.29, 0.717) is 11.0 Å². The number of aryl methyl sites for hydroxylation is 3. The van der Waals surface area contributed by atoms with Gasteiger partial charge in [0, 0.05) is 11.3 Å². The number of benzene rings is 2. The number of thioether (sulfide) groups is 1. The molecule has 0 spiro atoms. The minimum Gasteiger partial charge on any atom is -0.325 e. The molecule has 1 amide bonds. The van der Waals surface area contributed by atoms with Crippen LogP contribution in [0.15, 0.2) is 41.6 Å². The summed E-state index contributed by atoms with van der Waals surface area (Å²) in [4.78, 5) is 16.6. The van der Waals surface area contributed by atoms with Gasteiger partial charge in [-0.05, 0) is 56.2 Å². The van der Waals surface area contributed by atoms with Crippen LogP contribution in [-0.4, -0.2) is 26.8 Å². The summed E-state index contributed by atoms with van der Waals surface area (Å²) in [5.74, 6) is 0.325. The first-order valence-electron chi connectivity index (χ1n) is 8.11. The topological polar surface area (TPSA) is 70.7 Å². The van der Waals surface area contributed by atoms with Gasteiger partial charge in [0.05, 0.1) is 5.75 Å². The van der Waals surface area contributed by atoms with Crippen LogP contribution in [0, 0.1) is 26.6 Å². The predicted molar refractivity (Wildman–Crippen MR) is 102 cm³/mol. The van der Waals surface area contributed by atoms with Gasteiger partial charge in [0.15, 0.2) is 5.82 Å². The number of H-pyrrole nitrogens is 1. The molecule has 2 N–H and O–H groups in total. The zero-order valence-electron chi connectivity index (χ0n) is 14.8. The average molecular weight is 370 g/mol. The highest BCUT2D eigenvalue weighted by molar-refractivity contribution is 7.99. The molecule has 2 aromatic carbocycles. The van der Waals surface area contributed by atoms with Crippen molar-refractivity contribution in [1.82, 2.24) is 15.2 Å². The second kappa shape index (κ2) is 7.70. The summed E-state index contributed by atoms with van der Waals surface area (Å²) in [6, 6.07) is 10.1. The van der Waals surface area contributed by atoms with E-state index in [4.69, 9.17) is 0 Å². The molecule has 0 aliphatic rings. The van der Waals surface area contributed by atoms with Gasteiger partial charge in [0.2, 0.25) is 11.1 Å². The number of hydrogen-bond acceptors (Lipinski definition) is 4. The van der Waals surface area contributed by atoms with Gasteiger partial charge in [0.1, 0.15) is 5.82 Å². The molecule has 0 unspecified atom stereocenters. The fourth-order valence-electron chi connectivity index (χ4n) is 2.73. The Hall–Kier alpha value is -2.67. The molecule has 5 nitrogen and oxygen atoms in total. The SMILES string of the molecule is Cc1cc(C)c(NC(=O)CSc2n[nH]c(-c3ccc(F)cc3)n2)c(C)c1. The fourth-order valence-corrected chi connectivity index (χ4v) is 3.33. The average Bonchev–Trinajstić information content (AvgIpc) is 3.06. The highest BCUT2D eigenvalue weighted by Gasteiger charge is 2.11. The number of aromatic amines is 1. The van der Waals surface area contributed by atoms with Gasteiger partial charge in [-0.3, -0.25) is 9.89 Å². The van der Waals surface area contributed by atoms with E-state index < -0.39 is 0 Å². The largest absolute Gasteiger partial charge is 0.325 e. The molecular weight excluding hydrogens is 351 g/mol. The van der Waals surface area contributed by atoms with E-state index in [9.17, 15) is 9.18 Å². The van der Waals surface area contributed by atoms with Crippen LogP contribution in [0.5, 0.6) is 0 Å². The summed E-state index contributed by atoms with van der Waals surface area (Å²) in [6.07, 6.45) is 0. The van der Waals surface area contributed by atoms with Crippen molar-refractivity contribution >= 4 is 23.4 Å². The monoisotopic (exact) mass is 370 g/mol. The van der Waals surface area contributed by atoms with Crippen molar-refractivity contribution in [1.29, 1.82) is 0 Å². The molecule has 134 valence electrons. The highest BCUT2D eigenvalue weighted by atomic mass is 32.2. The molecule has 0 bridgehead atoms. The molecule has 7 heteroatoms. The van der Waals surface area contributed by atoms with Gasteiger partial charge >= 0.3 is 0 Å². The summed E-state index contributed by atoms with van der Waals surface area (Å²) in [7, 11) is 0. The van der Waals surface area contributed by atoms with Crippen molar-refractivity contribution in [2.45, 2.75) is 25.9 Å². The first-order chi connectivity index (χ1) is 12.4. The Morgan fingerprint density at radius 2 is 1.81 bits per heavy atom. The van der Waals surface area contributed by atoms with E-state index in [0.717, 1.165) is 22.4 Å². The Morgan fingerprint density at radius 3 is 2.46 bits per heavy atom. The van der Waals surface area contributed by atoms with Crippen LogP contribution in [0.3, 0.4) is 0 Å². The quantitative estimate of drug-likeness (QED) is 0.658. The lowest BCUT2D eigenvalue weighted by Gasteiger charge is -2.12. The molecule has 1 aromatic heterocycles. The van der Waals surface area contributed by atoms with E-state index in [1.54, 1.807) is 12.1 Å². The summed E-state index contributed by atoms with van der Waals surface area (Å²) in [5.41, 5.74) is 4.83. The lowest BCUT2D eigenvalue weighted by molar-refractivity contribution is -0.113. The number of carbonyl (C=O) groups is 1. The van der Waals surface area contributed by atoms with Crippen molar-refractivity contribution in [3.8, 4) is 11.4 Å². The molecule has 0 aliphatic heterocycles. The number of halogens is 1. The van der Waals surface area contributed by atoms with Crippen molar-refractivity contribution in [3.05, 3.63) is 58.9 Å². The third kappa shape index (κ3) is 4.29. The van der Waals surface area contributed by atoms with Crippen LogP contribution in [0.2, 0.25) is 0 Å². The summed E-state index contributed by atoms with van der Waals surface area (Å²) < 4.78 is 13.0. The lowest BCUT2D eigenvalue weighted by atomic mass is 10.1. The van der Waals surface area contributed by atoms with Crippen LogP contribution in [0.25, 0.3) is 11.4 Å². The van der Waals surface area contributed by atoms with Crippen molar-refractivity contribution in [3.63, 3.8) is 0 Å². The van der Waals surface area contributed by atoms with Crippen LogP contribution >= 0.6 is 11.8 Å². The van der Waals surface area contributed by atoms with Gasteiger partial charge in [-0.2, -0.15) is 0 Å². The molecule has 3 rings (SSSR count). The number of hydrogen-bond donors (Lipinski definition) is 2. The number of aromatic nitrogens is 3. The number of nitrogens with zero attached hydrogens (tertiary/aromatic N) is 2. The maximum Gasteiger partial charge on any atom is 0.234 e. The number of rotatable bonds is 5. The first kappa shape index (κ1) is 18.1. The van der Waals surface area contributed by atoms with E-state index >= 15 is 0 Å². The lowest BCUT2D eigenvalue weighted by Crippen LogP contribution is -2.16. The van der Waals surface area contributed by atoms with Crippen LogP contribution < -0.4 is 5.32 Å². The highest BCUT2D eigenvalue weighted by Crippen LogP contribution is 2.23. The number of anilines is 1. The van der Waals surface area contributed by atoms with Gasteiger partial charge in [-0.1, -0.05) is 29.5 Å². The summed E-state index contributed by atoms with van der Waals surface area (Å²) in [5, 5.41) is 10.3. The molecule has 0 radical (unpaired) electrons.